The van der Waals surface area contributed by atoms with Gasteiger partial charge in [0, 0.05) is 87.1 Å². The SMILES string of the molecule is CN(C)C1CCN(c2ccc3[nH]c(C(=O)c4ccnc(Br)c4)nc3n2)CC1.CN(C)C1CCN(c2ccc3ncn(C(=O)OC(C)(C)C)c3n2)CC1.COC(=O)c1ccnc(Br)c1.COc1ccc(F)c(F)c1-c1cc(C(=O)c2nc3nc(N4CCC(N(C)C)CC4)ccc3[nH]2)ccn1.COc1ccc(F)c(F)c1B(O)O. The first-order valence-corrected chi connectivity index (χ1v) is 37.3. The van der Waals surface area contributed by atoms with Crippen LogP contribution in [0.4, 0.5) is 39.8 Å². The maximum Gasteiger partial charge on any atom is 0.495 e. The van der Waals surface area contributed by atoms with Gasteiger partial charge in [0.1, 0.15) is 55.6 Å². The van der Waals surface area contributed by atoms with Crippen LogP contribution >= 0.6 is 31.9 Å². The maximum absolute atomic E-state index is 14.6. The molecule has 0 aliphatic carbocycles. The molecule has 0 saturated carbocycles. The molecule has 3 aliphatic heterocycles. The Morgan fingerprint density at radius 2 is 0.955 bits per heavy atom. The molecule has 14 rings (SSSR count). The molecule has 0 bridgehead atoms. The number of hydrogen-bond donors (Lipinski definition) is 4. The number of aromatic amines is 2. The minimum absolute atomic E-state index is 0.0762. The van der Waals surface area contributed by atoms with Gasteiger partial charge in [0.15, 0.2) is 51.9 Å². The van der Waals surface area contributed by atoms with Crippen molar-refractivity contribution >= 4 is 119 Å². The van der Waals surface area contributed by atoms with E-state index in [-0.39, 0.29) is 45.9 Å². The quantitative estimate of drug-likeness (QED) is 0.0244. The minimum Gasteiger partial charge on any atom is -0.497 e. The van der Waals surface area contributed by atoms with E-state index in [1.165, 1.54) is 62.8 Å². The number of fused-ring (bicyclic) bond motifs is 3. The smallest absolute Gasteiger partial charge is 0.495 e. The molecular formula is C77H87BBr2F4N18O10. The molecule has 2 aromatic carbocycles. The van der Waals surface area contributed by atoms with Crippen LogP contribution in [-0.2, 0) is 9.47 Å². The fraction of sp³-hybridized carbons (Fsp3) is 0.364. The van der Waals surface area contributed by atoms with Crippen LogP contribution in [0.2, 0.25) is 0 Å². The Morgan fingerprint density at radius 3 is 1.40 bits per heavy atom. The zero-order chi connectivity index (χ0) is 80.8. The maximum atomic E-state index is 14.6. The Kier molecular flexibility index (Phi) is 28.3. The number of pyridine rings is 6. The van der Waals surface area contributed by atoms with Gasteiger partial charge in [-0.3, -0.25) is 14.6 Å². The number of halogens is 6. The number of anilines is 3. The van der Waals surface area contributed by atoms with Gasteiger partial charge in [0.2, 0.25) is 11.6 Å². The van der Waals surface area contributed by atoms with Gasteiger partial charge in [-0.1, -0.05) is 0 Å². The van der Waals surface area contributed by atoms with Gasteiger partial charge in [0.05, 0.1) is 54.6 Å². The second-order valence-corrected chi connectivity index (χ2v) is 29.6. The van der Waals surface area contributed by atoms with Gasteiger partial charge in [-0.2, -0.15) is 0 Å². The van der Waals surface area contributed by atoms with Gasteiger partial charge in [-0.25, -0.2) is 71.6 Å². The zero-order valence-electron chi connectivity index (χ0n) is 63.9. The molecule has 3 fully saturated rings. The lowest BCUT2D eigenvalue weighted by Gasteiger charge is -2.35. The number of carbonyl (C=O) groups excluding carboxylic acids is 4. The molecule has 0 amide bonds. The number of carbonyl (C=O) groups is 4. The van der Waals surface area contributed by atoms with Crippen LogP contribution in [0.1, 0.15) is 102 Å². The van der Waals surface area contributed by atoms with Crippen molar-refractivity contribution in [3.8, 4) is 22.8 Å². The highest BCUT2D eigenvalue weighted by atomic mass is 79.9. The van der Waals surface area contributed by atoms with Crippen molar-refractivity contribution in [2.24, 2.45) is 0 Å². The third-order valence-electron chi connectivity index (χ3n) is 18.9. The number of piperidine rings is 3. The van der Waals surface area contributed by atoms with Crippen LogP contribution in [0, 0.1) is 23.3 Å². The molecular weight excluding hydrogens is 1580 g/mol. The minimum atomic E-state index is -2.09. The predicted molar refractivity (Wildman–Crippen MR) is 425 cm³/mol. The van der Waals surface area contributed by atoms with Crippen molar-refractivity contribution in [1.82, 2.24) is 74.1 Å². The van der Waals surface area contributed by atoms with E-state index in [0.29, 0.717) is 72.3 Å². The lowest BCUT2D eigenvalue weighted by molar-refractivity contribution is 0.0540. The summed E-state index contributed by atoms with van der Waals surface area (Å²) in [6.07, 6.45) is 12.1. The Morgan fingerprint density at radius 1 is 0.527 bits per heavy atom. The molecule has 12 heterocycles. The molecule has 9 aromatic heterocycles. The summed E-state index contributed by atoms with van der Waals surface area (Å²) in [4.78, 5) is 108. The number of hydrogen-bond acceptors (Lipinski definition) is 25. The molecule has 0 radical (unpaired) electrons. The van der Waals surface area contributed by atoms with Crippen LogP contribution in [0.25, 0.3) is 44.7 Å². The first-order valence-electron chi connectivity index (χ1n) is 35.7. The summed E-state index contributed by atoms with van der Waals surface area (Å²) in [5.41, 5.74) is 3.66. The van der Waals surface area contributed by atoms with E-state index in [9.17, 15) is 36.7 Å². The van der Waals surface area contributed by atoms with Crippen molar-refractivity contribution in [1.29, 1.82) is 0 Å². The van der Waals surface area contributed by atoms with Crippen molar-refractivity contribution in [3.63, 3.8) is 0 Å². The third-order valence-corrected chi connectivity index (χ3v) is 19.7. The van der Waals surface area contributed by atoms with Crippen molar-refractivity contribution in [3.05, 3.63) is 183 Å². The highest BCUT2D eigenvalue weighted by molar-refractivity contribution is 9.10. The first kappa shape index (κ1) is 84.0. The first-order chi connectivity index (χ1) is 53.4. The summed E-state index contributed by atoms with van der Waals surface area (Å²) in [5, 5.41) is 17.4. The van der Waals surface area contributed by atoms with Crippen LogP contribution in [0.3, 0.4) is 0 Å². The average Bonchev–Trinajstić information content (AvgIpc) is 1.53. The summed E-state index contributed by atoms with van der Waals surface area (Å²) in [6, 6.07) is 27.1. The Bertz CT molecular complexity index is 5120. The second-order valence-electron chi connectivity index (χ2n) is 28.0. The number of benzene rings is 2. The number of aromatic nitrogens is 12. The fourth-order valence-corrected chi connectivity index (χ4v) is 13.5. The fourth-order valence-electron chi connectivity index (χ4n) is 12.8. The number of esters is 1. The van der Waals surface area contributed by atoms with E-state index in [4.69, 9.17) is 24.5 Å². The summed E-state index contributed by atoms with van der Waals surface area (Å²) in [6.45, 7) is 11.2. The number of imidazole rings is 3. The molecule has 0 atom stereocenters. The zero-order valence-corrected chi connectivity index (χ0v) is 67.1. The van der Waals surface area contributed by atoms with Gasteiger partial charge in [-0.15, -0.1) is 0 Å². The van der Waals surface area contributed by atoms with E-state index < -0.39 is 53.3 Å². The van der Waals surface area contributed by atoms with Gasteiger partial charge in [-0.05, 0) is 231 Å². The molecule has 3 aliphatic rings. The van der Waals surface area contributed by atoms with Gasteiger partial charge < -0.3 is 68.4 Å². The molecule has 4 N–H and O–H groups in total. The number of ketones is 2. The Hall–Kier alpha value is -10.4. The summed E-state index contributed by atoms with van der Waals surface area (Å²) in [5.74, 6) is -2.51. The summed E-state index contributed by atoms with van der Waals surface area (Å²) < 4.78 is 76.4. The number of nitrogens with one attached hydrogen (secondary N) is 2. The van der Waals surface area contributed by atoms with Crippen LogP contribution in [-0.4, -0.2) is 241 Å². The number of rotatable bonds is 15. The molecule has 0 unspecified atom stereocenters. The van der Waals surface area contributed by atoms with E-state index in [1.807, 2.05) is 57.2 Å². The largest absolute Gasteiger partial charge is 0.497 e. The number of ether oxygens (including phenoxy) is 4. The van der Waals surface area contributed by atoms with E-state index in [1.54, 1.807) is 30.5 Å². The van der Waals surface area contributed by atoms with Crippen LogP contribution in [0.15, 0.2) is 131 Å². The highest BCUT2D eigenvalue weighted by Crippen LogP contribution is 2.34. The van der Waals surface area contributed by atoms with Crippen molar-refractivity contribution < 1.29 is 65.7 Å². The topological polar surface area (TPSA) is 318 Å². The normalized spacial score (nSPS) is 14.2. The Labute approximate surface area is 661 Å². The monoisotopic (exact) mass is 1670 g/mol. The molecule has 0 spiro atoms. The molecule has 28 nitrogen and oxygen atoms in total. The van der Waals surface area contributed by atoms with E-state index >= 15 is 0 Å². The predicted octanol–water partition coefficient (Wildman–Crippen LogP) is 11.0. The summed E-state index contributed by atoms with van der Waals surface area (Å²) in [7, 11) is 14.6. The molecule has 11 aromatic rings. The highest BCUT2D eigenvalue weighted by Gasteiger charge is 2.29. The lowest BCUT2D eigenvalue weighted by Crippen LogP contribution is -2.42. The van der Waals surface area contributed by atoms with Crippen LogP contribution < -0.4 is 29.6 Å². The molecule has 590 valence electrons. The molecule has 112 heavy (non-hydrogen) atoms. The number of nitrogens with zero attached hydrogens (tertiary/aromatic N) is 16. The van der Waals surface area contributed by atoms with Gasteiger partial charge in [0.25, 0.3) is 0 Å². The number of H-pyrrole nitrogens is 2. The van der Waals surface area contributed by atoms with E-state index in [0.717, 1.165) is 119 Å². The number of methoxy groups -OCH3 is 3. The molecule has 35 heteroatoms. The van der Waals surface area contributed by atoms with Crippen molar-refractivity contribution in [2.45, 2.75) is 83.0 Å². The Balaban J connectivity index is 0.000000157. The molecule has 3 saturated heterocycles. The van der Waals surface area contributed by atoms with E-state index in [2.05, 4.69) is 163 Å². The van der Waals surface area contributed by atoms with Gasteiger partial charge >= 0.3 is 19.2 Å². The second kappa shape index (κ2) is 37.7. The third kappa shape index (κ3) is 21.0. The van der Waals surface area contributed by atoms with Crippen molar-refractivity contribution in [2.75, 3.05) is 118 Å². The van der Waals surface area contributed by atoms with Crippen LogP contribution in [0.5, 0.6) is 11.5 Å². The summed E-state index contributed by atoms with van der Waals surface area (Å²) >= 11 is 6.43. The lowest BCUT2D eigenvalue weighted by atomic mass is 9.79. The average molecular weight is 1670 g/mol. The standard InChI is InChI=1S/C26H26F2N6O2.C19H21BrN6O.C18H27N5O2.C7H7BF2O3.C7H6BrNO2/c1-33(2)16-9-12-34(13-10-16)21-7-5-18-25(31-21)32-26(30-18)24(35)15-8-11-29-19(14-15)22-20(36-3)6-4-17(27)23(22)28;1-25(2)13-6-9-26(10-7-13)16-4-3-14-18(23-16)24-19(22-14)17(27)12-5-8-21-15(20)11-12;1-18(2,3)25-17(24)23-12-19-14-6-7-15(20-16(14)23)22-10-8-13(9-11-22)21(4)5;1-13-5-3-2-4(9)7(10)6(5)8(11)12;1-11-7(10)5-2-3-9-6(8)4-5/h4-8,11,14,16H,9-10,12-13H2,1-3H3,(H,30,31,32);3-5,8,11,13H,6-7,9-10H2,1-2H3,(H,22,23,24);6-7,12-13H,8-11H2,1-5H3;2-3,11-12H,1H3;2-4H,1H3.